The van der Waals surface area contributed by atoms with Crippen LogP contribution in [0.4, 0.5) is 38.0 Å². The van der Waals surface area contributed by atoms with Crippen molar-refractivity contribution in [1.29, 1.82) is 0 Å². The van der Waals surface area contributed by atoms with Crippen molar-refractivity contribution in [1.82, 2.24) is 25.5 Å². The van der Waals surface area contributed by atoms with Crippen molar-refractivity contribution in [3.63, 3.8) is 0 Å². The van der Waals surface area contributed by atoms with Crippen molar-refractivity contribution in [2.24, 2.45) is 0 Å². The van der Waals surface area contributed by atoms with Gasteiger partial charge in [-0.1, -0.05) is 23.7 Å². The molecule has 0 bridgehead atoms. The Morgan fingerprint density at radius 2 is 1.66 bits per heavy atom. The molecule has 17 heteroatoms. The molecule has 0 aliphatic heterocycles. The van der Waals surface area contributed by atoms with Gasteiger partial charge in [-0.3, -0.25) is 9.78 Å². The normalized spacial score (nSPS) is 11.2. The Bertz CT molecular complexity index is 1540. The van der Waals surface area contributed by atoms with E-state index in [1.165, 1.54) is 25.4 Å². The van der Waals surface area contributed by atoms with Gasteiger partial charge in [-0.15, -0.1) is 10.2 Å². The van der Waals surface area contributed by atoms with Gasteiger partial charge in [0.25, 0.3) is 5.91 Å². The number of carbonyl (C=O) groups is 2. The lowest BCUT2D eigenvalue weighted by molar-refractivity contribution is -0.192. The summed E-state index contributed by atoms with van der Waals surface area (Å²) in [6, 6.07) is 13.4. The molecule has 4 N–H and O–H groups in total. The van der Waals surface area contributed by atoms with Gasteiger partial charge >= 0.3 is 18.3 Å². The number of hydrogen-bond acceptors (Lipinski definition) is 7. The van der Waals surface area contributed by atoms with E-state index >= 15 is 0 Å². The van der Waals surface area contributed by atoms with Crippen LogP contribution < -0.4 is 15.4 Å². The van der Waals surface area contributed by atoms with Crippen LogP contribution in [0.3, 0.4) is 0 Å². The minimum absolute atomic E-state index is 0.140. The third-order valence-corrected chi connectivity index (χ3v) is 5.13. The number of halogens is 7. The molecule has 0 radical (unpaired) electrons. The van der Waals surface area contributed by atoms with Crippen molar-refractivity contribution < 1.29 is 45.8 Å². The number of aromatic nitrogens is 4. The molecule has 4 aromatic rings. The summed E-state index contributed by atoms with van der Waals surface area (Å²) in [6.07, 6.45) is -8.21. The zero-order chi connectivity index (χ0) is 30.4. The maximum absolute atomic E-state index is 13.1. The Labute approximate surface area is 231 Å². The third kappa shape index (κ3) is 8.56. The minimum Gasteiger partial charge on any atom is -0.475 e. The molecule has 10 nitrogen and oxygen atoms in total. The average molecular weight is 603 g/mol. The van der Waals surface area contributed by atoms with Crippen LogP contribution in [-0.2, 0) is 11.0 Å². The van der Waals surface area contributed by atoms with E-state index in [2.05, 4.69) is 30.8 Å². The number of carbonyl (C=O) groups excluding carboxylic acids is 1. The summed E-state index contributed by atoms with van der Waals surface area (Å²) in [5.74, 6) is -1.73. The summed E-state index contributed by atoms with van der Waals surface area (Å²) in [4.78, 5) is 27.5. The highest BCUT2D eigenvalue weighted by Crippen LogP contribution is 2.36. The molecule has 0 aliphatic carbocycles. The molecular weight excluding hydrogens is 586 g/mol. The van der Waals surface area contributed by atoms with Crippen molar-refractivity contribution in [3.05, 3.63) is 77.1 Å². The number of carboxylic acid groups (broad SMARTS) is 1. The number of aromatic amines is 1. The number of alkyl halides is 6. The lowest BCUT2D eigenvalue weighted by atomic mass is 10.2. The number of anilines is 2. The van der Waals surface area contributed by atoms with Crippen LogP contribution in [0.25, 0.3) is 11.4 Å². The van der Waals surface area contributed by atoms with Crippen molar-refractivity contribution in [3.8, 4) is 22.9 Å². The van der Waals surface area contributed by atoms with Crippen molar-refractivity contribution in [2.75, 3.05) is 12.4 Å². The Morgan fingerprint density at radius 3 is 2.29 bits per heavy atom. The molecule has 2 heterocycles. The van der Waals surface area contributed by atoms with Crippen LogP contribution >= 0.6 is 11.6 Å². The first kappa shape index (κ1) is 30.7. The Balaban J connectivity index is 0.000000587. The van der Waals surface area contributed by atoms with Gasteiger partial charge in [0.2, 0.25) is 5.95 Å². The standard InChI is InChI=1S/C22H16ClF3N6O2.C2HF3O2/c1-27-20(33)18-11-15(7-8-28-18)34-14-4-2-3-12(9-14)19-30-21(32-31-19)29-13-5-6-17(23)16(10-13)22(24,25)26;3-2(4,5)1(6)7/h2-11H,1H3,(H,27,33)(H2,29,30,31,32);(H,6,7). The molecular formula is C24H17ClF6N6O4. The van der Waals surface area contributed by atoms with Gasteiger partial charge in [0.05, 0.1) is 10.6 Å². The number of hydrogen-bond donors (Lipinski definition) is 4. The molecule has 0 spiro atoms. The summed E-state index contributed by atoms with van der Waals surface area (Å²) in [5.41, 5.74) is 0.00395. The lowest BCUT2D eigenvalue weighted by Gasteiger charge is -2.11. The molecule has 2 aromatic carbocycles. The van der Waals surface area contributed by atoms with Gasteiger partial charge in [0, 0.05) is 30.6 Å². The van der Waals surface area contributed by atoms with Crippen LogP contribution in [0, 0.1) is 0 Å². The zero-order valence-corrected chi connectivity index (χ0v) is 21.2. The van der Waals surface area contributed by atoms with Gasteiger partial charge in [0.15, 0.2) is 5.82 Å². The average Bonchev–Trinajstić information content (AvgIpc) is 3.37. The molecule has 0 aliphatic rings. The first-order valence-corrected chi connectivity index (χ1v) is 11.4. The highest BCUT2D eigenvalue weighted by atomic mass is 35.5. The van der Waals surface area contributed by atoms with E-state index in [0.717, 1.165) is 12.1 Å². The molecule has 0 atom stereocenters. The number of pyridine rings is 1. The largest absolute Gasteiger partial charge is 0.490 e. The van der Waals surface area contributed by atoms with Crippen LogP contribution in [0.15, 0.2) is 60.8 Å². The van der Waals surface area contributed by atoms with Crippen LogP contribution in [0.1, 0.15) is 16.1 Å². The summed E-state index contributed by atoms with van der Waals surface area (Å²) >= 11 is 5.65. The third-order valence-electron chi connectivity index (χ3n) is 4.80. The van der Waals surface area contributed by atoms with Crippen LogP contribution in [-0.4, -0.2) is 50.4 Å². The van der Waals surface area contributed by atoms with Gasteiger partial charge in [-0.2, -0.15) is 26.3 Å². The van der Waals surface area contributed by atoms with E-state index < -0.39 is 28.9 Å². The SMILES string of the molecule is CNC(=O)c1cc(Oc2cccc(-c3nnc(Nc4ccc(Cl)c(C(F)(F)F)c4)[nH]3)c2)ccn1.O=C(O)C(F)(F)F. The number of H-pyrrole nitrogens is 1. The molecule has 4 rings (SSSR count). The number of amides is 1. The lowest BCUT2D eigenvalue weighted by Crippen LogP contribution is -2.21. The van der Waals surface area contributed by atoms with E-state index in [0.29, 0.717) is 22.9 Å². The number of nitrogens with zero attached hydrogens (tertiary/aromatic N) is 3. The van der Waals surface area contributed by atoms with Crippen LogP contribution in [0.5, 0.6) is 11.5 Å². The first-order valence-electron chi connectivity index (χ1n) is 11.0. The van der Waals surface area contributed by atoms with E-state index in [1.54, 1.807) is 30.3 Å². The Morgan fingerprint density at radius 1 is 0.976 bits per heavy atom. The monoisotopic (exact) mass is 602 g/mol. The molecule has 1 amide bonds. The summed E-state index contributed by atoms with van der Waals surface area (Å²) in [5, 5.41) is 19.9. The second-order valence-corrected chi connectivity index (χ2v) is 8.14. The zero-order valence-electron chi connectivity index (χ0n) is 20.4. The predicted octanol–water partition coefficient (Wildman–Crippen LogP) is 6.07. The van der Waals surface area contributed by atoms with E-state index in [4.69, 9.17) is 26.2 Å². The van der Waals surface area contributed by atoms with Crippen molar-refractivity contribution in [2.45, 2.75) is 12.4 Å². The van der Waals surface area contributed by atoms with Gasteiger partial charge in [-0.05, 0) is 36.4 Å². The fraction of sp³-hybridized carbons (Fsp3) is 0.125. The summed E-state index contributed by atoms with van der Waals surface area (Å²) in [7, 11) is 1.50. The van der Waals surface area contributed by atoms with Gasteiger partial charge < -0.3 is 25.5 Å². The fourth-order valence-electron chi connectivity index (χ4n) is 2.98. The fourth-order valence-corrected chi connectivity index (χ4v) is 3.20. The summed E-state index contributed by atoms with van der Waals surface area (Å²) in [6.45, 7) is 0. The quantitative estimate of drug-likeness (QED) is 0.195. The van der Waals surface area contributed by atoms with Crippen LogP contribution in [0.2, 0.25) is 5.02 Å². The highest BCUT2D eigenvalue weighted by Gasteiger charge is 2.38. The molecule has 216 valence electrons. The van der Waals surface area contributed by atoms with E-state index in [9.17, 15) is 31.1 Å². The van der Waals surface area contributed by atoms with E-state index in [-0.39, 0.29) is 23.2 Å². The number of benzene rings is 2. The number of ether oxygens (including phenoxy) is 1. The smallest absolute Gasteiger partial charge is 0.475 e. The molecule has 0 fully saturated rings. The molecule has 0 saturated heterocycles. The number of nitrogens with one attached hydrogen (secondary N) is 3. The maximum atomic E-state index is 13.1. The van der Waals surface area contributed by atoms with Gasteiger partial charge in [0.1, 0.15) is 17.2 Å². The Hall–Kier alpha value is -4.86. The molecule has 2 aromatic heterocycles. The first-order chi connectivity index (χ1) is 19.2. The molecule has 41 heavy (non-hydrogen) atoms. The molecule has 0 saturated carbocycles. The Kier molecular flexibility index (Phi) is 9.39. The maximum Gasteiger partial charge on any atom is 0.490 e. The number of aliphatic carboxylic acids is 1. The minimum atomic E-state index is -5.08. The van der Waals surface area contributed by atoms with Gasteiger partial charge in [-0.25, -0.2) is 4.79 Å². The van der Waals surface area contributed by atoms with Crippen molar-refractivity contribution >= 4 is 35.1 Å². The second-order valence-electron chi connectivity index (χ2n) is 7.73. The highest BCUT2D eigenvalue weighted by molar-refractivity contribution is 6.31. The van der Waals surface area contributed by atoms with E-state index in [1.807, 2.05) is 0 Å². The predicted molar refractivity (Wildman–Crippen MR) is 133 cm³/mol. The number of carboxylic acids is 1. The number of rotatable bonds is 6. The summed E-state index contributed by atoms with van der Waals surface area (Å²) < 4.78 is 76.8. The topological polar surface area (TPSA) is 142 Å². The molecule has 0 unspecified atom stereocenters. The second kappa shape index (κ2) is 12.5.